The standard InChI is InChI=1S/C11H26N2O2/c1-5-11(8-12)13(6-7-14-3)10(2)9-15-4/h10-11H,5-9,12H2,1-4H3. The summed E-state index contributed by atoms with van der Waals surface area (Å²) in [6.07, 6.45) is 1.06. The maximum absolute atomic E-state index is 5.77. The van der Waals surface area contributed by atoms with Crippen molar-refractivity contribution in [3.8, 4) is 0 Å². The number of rotatable bonds is 9. The molecule has 4 nitrogen and oxygen atoms in total. The van der Waals surface area contributed by atoms with Gasteiger partial charge in [-0.05, 0) is 13.3 Å². The maximum Gasteiger partial charge on any atom is 0.0615 e. The van der Waals surface area contributed by atoms with Crippen LogP contribution in [0.2, 0.25) is 0 Å². The van der Waals surface area contributed by atoms with E-state index < -0.39 is 0 Å². The number of nitrogens with zero attached hydrogens (tertiary/aromatic N) is 1. The van der Waals surface area contributed by atoms with E-state index in [4.69, 9.17) is 15.2 Å². The van der Waals surface area contributed by atoms with Crippen molar-refractivity contribution >= 4 is 0 Å². The molecule has 0 rings (SSSR count). The average molecular weight is 218 g/mol. The second-order valence-electron chi connectivity index (χ2n) is 3.83. The lowest BCUT2D eigenvalue weighted by Crippen LogP contribution is -2.48. The second kappa shape index (κ2) is 9.09. The number of hydrogen-bond acceptors (Lipinski definition) is 4. The highest BCUT2D eigenvalue weighted by atomic mass is 16.5. The molecule has 0 aromatic heterocycles. The fraction of sp³-hybridized carbons (Fsp3) is 1.00. The van der Waals surface area contributed by atoms with E-state index >= 15 is 0 Å². The zero-order valence-electron chi connectivity index (χ0n) is 10.5. The molecule has 0 saturated heterocycles. The fourth-order valence-corrected chi connectivity index (χ4v) is 1.83. The van der Waals surface area contributed by atoms with Gasteiger partial charge in [-0.3, -0.25) is 4.90 Å². The topological polar surface area (TPSA) is 47.7 Å². The molecule has 0 radical (unpaired) electrons. The first kappa shape index (κ1) is 14.8. The Kier molecular flexibility index (Phi) is 9.00. The van der Waals surface area contributed by atoms with Crippen LogP contribution in [0.3, 0.4) is 0 Å². The molecule has 2 atom stereocenters. The predicted octanol–water partition coefficient (Wildman–Crippen LogP) is 0.707. The minimum absolute atomic E-state index is 0.388. The quantitative estimate of drug-likeness (QED) is 0.619. The second-order valence-corrected chi connectivity index (χ2v) is 3.83. The van der Waals surface area contributed by atoms with Gasteiger partial charge in [-0.25, -0.2) is 0 Å². The molecule has 2 unspecified atom stereocenters. The summed E-state index contributed by atoms with van der Waals surface area (Å²) in [6.45, 7) is 7.41. The summed E-state index contributed by atoms with van der Waals surface area (Å²) in [5.41, 5.74) is 5.77. The third kappa shape index (κ3) is 5.47. The van der Waals surface area contributed by atoms with Crippen LogP contribution in [0.15, 0.2) is 0 Å². The summed E-state index contributed by atoms with van der Waals surface area (Å²) >= 11 is 0. The van der Waals surface area contributed by atoms with Gasteiger partial charge < -0.3 is 15.2 Å². The predicted molar refractivity (Wildman–Crippen MR) is 63.1 cm³/mol. The van der Waals surface area contributed by atoms with Gasteiger partial charge in [0.1, 0.15) is 0 Å². The van der Waals surface area contributed by atoms with Crippen molar-refractivity contribution in [3.05, 3.63) is 0 Å². The monoisotopic (exact) mass is 218 g/mol. The van der Waals surface area contributed by atoms with Gasteiger partial charge in [0.05, 0.1) is 13.2 Å². The number of hydrogen-bond donors (Lipinski definition) is 1. The Bertz CT molecular complexity index is 141. The van der Waals surface area contributed by atoms with Crippen molar-refractivity contribution in [2.24, 2.45) is 5.73 Å². The number of ether oxygens (including phenoxy) is 2. The van der Waals surface area contributed by atoms with E-state index in [1.807, 2.05) is 0 Å². The Labute approximate surface area is 93.7 Å². The first-order chi connectivity index (χ1) is 7.21. The highest BCUT2D eigenvalue weighted by Crippen LogP contribution is 2.08. The lowest BCUT2D eigenvalue weighted by atomic mass is 10.1. The third-order valence-electron chi connectivity index (χ3n) is 2.74. The van der Waals surface area contributed by atoms with E-state index in [0.29, 0.717) is 18.6 Å². The third-order valence-corrected chi connectivity index (χ3v) is 2.74. The first-order valence-electron chi connectivity index (χ1n) is 5.64. The average Bonchev–Trinajstić information content (AvgIpc) is 2.24. The zero-order valence-corrected chi connectivity index (χ0v) is 10.5. The van der Waals surface area contributed by atoms with Crippen molar-refractivity contribution in [2.75, 3.05) is 40.5 Å². The van der Waals surface area contributed by atoms with Crippen LogP contribution in [0.25, 0.3) is 0 Å². The van der Waals surface area contributed by atoms with Gasteiger partial charge in [0.2, 0.25) is 0 Å². The van der Waals surface area contributed by atoms with Crippen LogP contribution in [0.1, 0.15) is 20.3 Å². The van der Waals surface area contributed by atoms with E-state index in [2.05, 4.69) is 18.7 Å². The summed E-state index contributed by atoms with van der Waals surface area (Å²) in [7, 11) is 3.46. The lowest BCUT2D eigenvalue weighted by Gasteiger charge is -2.35. The number of methoxy groups -OCH3 is 2. The highest BCUT2D eigenvalue weighted by Gasteiger charge is 2.20. The largest absolute Gasteiger partial charge is 0.383 e. The summed E-state index contributed by atoms with van der Waals surface area (Å²) in [5.74, 6) is 0. The zero-order chi connectivity index (χ0) is 11.7. The summed E-state index contributed by atoms with van der Waals surface area (Å²) < 4.78 is 10.3. The Morgan fingerprint density at radius 2 is 1.93 bits per heavy atom. The molecule has 0 aliphatic rings. The molecular formula is C11H26N2O2. The molecular weight excluding hydrogens is 192 g/mol. The Morgan fingerprint density at radius 1 is 1.27 bits per heavy atom. The van der Waals surface area contributed by atoms with Gasteiger partial charge in [-0.2, -0.15) is 0 Å². The first-order valence-corrected chi connectivity index (χ1v) is 5.64. The molecule has 2 N–H and O–H groups in total. The van der Waals surface area contributed by atoms with Crippen molar-refractivity contribution in [1.29, 1.82) is 0 Å². The molecule has 4 heteroatoms. The molecule has 0 aliphatic carbocycles. The van der Waals surface area contributed by atoms with Crippen molar-refractivity contribution in [1.82, 2.24) is 4.90 Å². The highest BCUT2D eigenvalue weighted by molar-refractivity contribution is 4.76. The molecule has 0 saturated carbocycles. The fourth-order valence-electron chi connectivity index (χ4n) is 1.83. The van der Waals surface area contributed by atoms with Crippen molar-refractivity contribution in [2.45, 2.75) is 32.4 Å². The molecule has 0 aliphatic heterocycles. The number of nitrogens with two attached hydrogens (primary N) is 1. The Morgan fingerprint density at radius 3 is 2.33 bits per heavy atom. The van der Waals surface area contributed by atoms with E-state index in [0.717, 1.165) is 26.2 Å². The smallest absolute Gasteiger partial charge is 0.0615 e. The molecule has 0 heterocycles. The normalized spacial score (nSPS) is 15.6. The van der Waals surface area contributed by atoms with Crippen LogP contribution in [0.4, 0.5) is 0 Å². The SMILES string of the molecule is CCC(CN)N(CCOC)C(C)COC. The van der Waals surface area contributed by atoms with Crippen LogP contribution in [0.5, 0.6) is 0 Å². The van der Waals surface area contributed by atoms with Crippen LogP contribution >= 0.6 is 0 Å². The van der Waals surface area contributed by atoms with Gasteiger partial charge in [0.15, 0.2) is 0 Å². The van der Waals surface area contributed by atoms with E-state index in [-0.39, 0.29) is 0 Å². The van der Waals surface area contributed by atoms with Crippen LogP contribution < -0.4 is 5.73 Å². The summed E-state index contributed by atoms with van der Waals surface area (Å²) in [4.78, 5) is 2.37. The molecule has 0 amide bonds. The Hall–Kier alpha value is -0.160. The minimum atomic E-state index is 0.388. The van der Waals surface area contributed by atoms with E-state index in [9.17, 15) is 0 Å². The molecule has 0 bridgehead atoms. The van der Waals surface area contributed by atoms with E-state index in [1.54, 1.807) is 14.2 Å². The maximum atomic E-state index is 5.77. The lowest BCUT2D eigenvalue weighted by molar-refractivity contribution is 0.0480. The van der Waals surface area contributed by atoms with Crippen molar-refractivity contribution < 1.29 is 9.47 Å². The molecule has 0 spiro atoms. The minimum Gasteiger partial charge on any atom is -0.383 e. The molecule has 15 heavy (non-hydrogen) atoms. The molecule has 0 aromatic carbocycles. The van der Waals surface area contributed by atoms with E-state index in [1.165, 1.54) is 0 Å². The van der Waals surface area contributed by atoms with Crippen LogP contribution in [-0.4, -0.2) is 57.5 Å². The van der Waals surface area contributed by atoms with Gasteiger partial charge in [0, 0.05) is 39.4 Å². The summed E-state index contributed by atoms with van der Waals surface area (Å²) in [5, 5.41) is 0. The molecule has 0 aromatic rings. The van der Waals surface area contributed by atoms with Crippen LogP contribution in [-0.2, 0) is 9.47 Å². The van der Waals surface area contributed by atoms with Gasteiger partial charge in [-0.15, -0.1) is 0 Å². The van der Waals surface area contributed by atoms with Gasteiger partial charge in [0.25, 0.3) is 0 Å². The molecule has 92 valence electrons. The summed E-state index contributed by atoms with van der Waals surface area (Å²) in [6, 6.07) is 0.809. The van der Waals surface area contributed by atoms with Gasteiger partial charge in [-0.1, -0.05) is 6.92 Å². The van der Waals surface area contributed by atoms with Crippen LogP contribution in [0, 0.1) is 0 Å². The Balaban J connectivity index is 4.25. The van der Waals surface area contributed by atoms with Crippen molar-refractivity contribution in [3.63, 3.8) is 0 Å². The molecule has 0 fully saturated rings. The van der Waals surface area contributed by atoms with Gasteiger partial charge >= 0.3 is 0 Å².